The number of nitrogens with zero attached hydrogens (tertiary/aromatic N) is 1. The van der Waals surface area contributed by atoms with E-state index in [2.05, 4.69) is 26.1 Å². The van der Waals surface area contributed by atoms with Crippen molar-refractivity contribution in [2.75, 3.05) is 0 Å². The van der Waals surface area contributed by atoms with Crippen LogP contribution in [0.3, 0.4) is 0 Å². The Balaban J connectivity index is 1.88. The maximum Gasteiger partial charge on any atom is 0.325 e. The number of nitrogens with one attached hydrogen (secondary N) is 1. The zero-order valence-electron chi connectivity index (χ0n) is 15.5. The first-order chi connectivity index (χ1) is 12.1. The van der Waals surface area contributed by atoms with Gasteiger partial charge in [0, 0.05) is 5.02 Å². The molecular weight excluding hydrogens is 348 g/mol. The monoisotopic (exact) mass is 370 g/mol. The Morgan fingerprint density at radius 1 is 1.04 bits per heavy atom. The van der Waals surface area contributed by atoms with Crippen molar-refractivity contribution in [3.05, 3.63) is 70.2 Å². The number of hydrogen-bond acceptors (Lipinski definition) is 2. The van der Waals surface area contributed by atoms with Crippen LogP contribution in [0, 0.1) is 0 Å². The predicted octanol–water partition coefficient (Wildman–Crippen LogP) is 4.60. The van der Waals surface area contributed by atoms with Gasteiger partial charge in [-0.25, -0.2) is 4.79 Å². The smallest absolute Gasteiger partial charge is 0.319 e. The Morgan fingerprint density at radius 3 is 2.23 bits per heavy atom. The molecule has 136 valence electrons. The van der Waals surface area contributed by atoms with Gasteiger partial charge >= 0.3 is 6.03 Å². The second-order valence-corrected chi connectivity index (χ2v) is 8.27. The van der Waals surface area contributed by atoms with Gasteiger partial charge in [0.1, 0.15) is 5.54 Å². The summed E-state index contributed by atoms with van der Waals surface area (Å²) in [5, 5.41) is 3.38. The average Bonchev–Trinajstić information content (AvgIpc) is 2.80. The van der Waals surface area contributed by atoms with E-state index >= 15 is 0 Å². The molecule has 2 aromatic carbocycles. The highest BCUT2D eigenvalue weighted by molar-refractivity contribution is 6.31. The number of rotatable bonds is 3. The normalized spacial score (nSPS) is 20.4. The molecule has 1 unspecified atom stereocenters. The summed E-state index contributed by atoms with van der Waals surface area (Å²) in [5.41, 5.74) is 1.64. The molecule has 1 aliphatic heterocycles. The first-order valence-electron chi connectivity index (χ1n) is 8.61. The number of amides is 3. The van der Waals surface area contributed by atoms with Crippen molar-refractivity contribution in [1.82, 2.24) is 10.2 Å². The fourth-order valence-electron chi connectivity index (χ4n) is 3.14. The van der Waals surface area contributed by atoms with Crippen molar-refractivity contribution in [2.45, 2.75) is 45.2 Å². The largest absolute Gasteiger partial charge is 0.325 e. The van der Waals surface area contributed by atoms with Crippen LogP contribution < -0.4 is 5.32 Å². The lowest BCUT2D eigenvalue weighted by Gasteiger charge is -2.24. The lowest BCUT2D eigenvalue weighted by molar-refractivity contribution is -0.131. The number of imide groups is 1. The van der Waals surface area contributed by atoms with Crippen molar-refractivity contribution in [2.24, 2.45) is 0 Å². The lowest BCUT2D eigenvalue weighted by atomic mass is 9.84. The van der Waals surface area contributed by atoms with Gasteiger partial charge in [-0.05, 0) is 35.1 Å². The summed E-state index contributed by atoms with van der Waals surface area (Å²) in [5.74, 6) is -0.272. The molecule has 4 nitrogen and oxygen atoms in total. The molecule has 0 saturated carbocycles. The van der Waals surface area contributed by atoms with Gasteiger partial charge < -0.3 is 5.32 Å². The molecule has 0 aromatic heterocycles. The second-order valence-electron chi connectivity index (χ2n) is 7.87. The van der Waals surface area contributed by atoms with Crippen LogP contribution >= 0.6 is 11.6 Å². The summed E-state index contributed by atoms with van der Waals surface area (Å²) in [7, 11) is 0. The molecule has 0 aliphatic carbocycles. The zero-order valence-corrected chi connectivity index (χ0v) is 16.2. The van der Waals surface area contributed by atoms with Gasteiger partial charge in [0.2, 0.25) is 0 Å². The van der Waals surface area contributed by atoms with E-state index in [0.717, 1.165) is 11.1 Å². The van der Waals surface area contributed by atoms with E-state index in [1.54, 1.807) is 13.0 Å². The molecule has 5 heteroatoms. The number of benzene rings is 2. The minimum atomic E-state index is -1.07. The van der Waals surface area contributed by atoms with Crippen molar-refractivity contribution in [3.63, 3.8) is 0 Å². The molecule has 1 aliphatic rings. The fourth-order valence-corrected chi connectivity index (χ4v) is 3.33. The van der Waals surface area contributed by atoms with Crippen molar-refractivity contribution in [1.29, 1.82) is 0 Å². The predicted molar refractivity (Wildman–Crippen MR) is 103 cm³/mol. The van der Waals surface area contributed by atoms with E-state index < -0.39 is 11.6 Å². The third kappa shape index (κ3) is 3.21. The Bertz CT molecular complexity index is 855. The number of urea groups is 1. The lowest BCUT2D eigenvalue weighted by Crippen LogP contribution is -2.40. The van der Waals surface area contributed by atoms with Crippen molar-refractivity contribution >= 4 is 23.5 Å². The van der Waals surface area contributed by atoms with Crippen molar-refractivity contribution < 1.29 is 9.59 Å². The Morgan fingerprint density at radius 2 is 1.65 bits per heavy atom. The number of halogens is 1. The maximum absolute atomic E-state index is 13.0. The Kier molecular flexibility index (Phi) is 4.57. The molecule has 0 radical (unpaired) electrons. The van der Waals surface area contributed by atoms with Crippen LogP contribution in [-0.4, -0.2) is 16.8 Å². The quantitative estimate of drug-likeness (QED) is 0.802. The third-order valence-corrected chi connectivity index (χ3v) is 5.26. The van der Waals surface area contributed by atoms with Crippen LogP contribution in [-0.2, 0) is 22.3 Å². The first-order valence-corrected chi connectivity index (χ1v) is 8.99. The summed E-state index contributed by atoms with van der Waals surface area (Å²) in [4.78, 5) is 26.7. The maximum atomic E-state index is 13.0. The summed E-state index contributed by atoms with van der Waals surface area (Å²) in [6, 6.07) is 14.7. The van der Waals surface area contributed by atoms with Gasteiger partial charge in [0.05, 0.1) is 6.54 Å². The van der Waals surface area contributed by atoms with Gasteiger partial charge in [-0.15, -0.1) is 0 Å². The fraction of sp³-hybridized carbons (Fsp3) is 0.333. The zero-order chi connectivity index (χ0) is 19.1. The topological polar surface area (TPSA) is 49.4 Å². The Labute approximate surface area is 159 Å². The van der Waals surface area contributed by atoms with E-state index in [4.69, 9.17) is 11.6 Å². The van der Waals surface area contributed by atoms with Crippen LogP contribution in [0.5, 0.6) is 0 Å². The molecule has 0 bridgehead atoms. The van der Waals surface area contributed by atoms with Crippen LogP contribution in [0.25, 0.3) is 0 Å². The van der Waals surface area contributed by atoms with Crippen molar-refractivity contribution in [3.8, 4) is 0 Å². The molecule has 0 spiro atoms. The van der Waals surface area contributed by atoms with E-state index in [1.165, 1.54) is 10.5 Å². The van der Waals surface area contributed by atoms with E-state index in [-0.39, 0.29) is 17.9 Å². The average molecular weight is 371 g/mol. The van der Waals surface area contributed by atoms with Gasteiger partial charge in [-0.2, -0.15) is 0 Å². The minimum absolute atomic E-state index is 0.0263. The highest BCUT2D eigenvalue weighted by Gasteiger charge is 2.49. The van der Waals surface area contributed by atoms with Gasteiger partial charge in [0.15, 0.2) is 0 Å². The molecule has 1 heterocycles. The van der Waals surface area contributed by atoms with E-state index in [0.29, 0.717) is 5.02 Å². The Hall–Kier alpha value is -2.33. The summed E-state index contributed by atoms with van der Waals surface area (Å²) >= 11 is 6.18. The molecule has 3 rings (SSSR count). The van der Waals surface area contributed by atoms with Gasteiger partial charge in [-0.1, -0.05) is 74.8 Å². The summed E-state index contributed by atoms with van der Waals surface area (Å²) in [6.07, 6.45) is 0. The molecule has 1 atom stereocenters. The number of carbonyl (C=O) groups is 2. The molecule has 1 fully saturated rings. The first kappa shape index (κ1) is 18.5. The minimum Gasteiger partial charge on any atom is -0.319 e. The molecular formula is C21H23ClN2O2. The molecule has 26 heavy (non-hydrogen) atoms. The number of carbonyl (C=O) groups excluding carboxylic acids is 2. The third-order valence-electron chi connectivity index (χ3n) is 4.89. The van der Waals surface area contributed by atoms with Gasteiger partial charge in [0.25, 0.3) is 5.91 Å². The van der Waals surface area contributed by atoms with Crippen LogP contribution in [0.15, 0.2) is 48.5 Å². The van der Waals surface area contributed by atoms with Gasteiger partial charge in [-0.3, -0.25) is 9.69 Å². The summed E-state index contributed by atoms with van der Waals surface area (Å²) < 4.78 is 0. The highest BCUT2D eigenvalue weighted by Crippen LogP contribution is 2.32. The standard InChI is InChI=1S/C21H23ClN2O2/c1-20(2,3)15-9-11-16(12-10-15)21(4)18(25)24(19(26)23-21)13-14-7-5-6-8-17(14)22/h5-12H,13H2,1-4H3,(H,23,26). The van der Waals surface area contributed by atoms with Crippen LogP contribution in [0.2, 0.25) is 5.02 Å². The number of hydrogen-bond donors (Lipinski definition) is 1. The second kappa shape index (κ2) is 6.44. The molecule has 3 amide bonds. The SMILES string of the molecule is CC(C)(C)c1ccc(C2(C)NC(=O)N(Cc3ccccc3Cl)C2=O)cc1. The van der Waals surface area contributed by atoms with E-state index in [9.17, 15) is 9.59 Å². The summed E-state index contributed by atoms with van der Waals surface area (Å²) in [6.45, 7) is 8.30. The molecule has 2 aromatic rings. The molecule has 1 N–H and O–H groups in total. The van der Waals surface area contributed by atoms with E-state index in [1.807, 2.05) is 42.5 Å². The highest BCUT2D eigenvalue weighted by atomic mass is 35.5. The molecule has 1 saturated heterocycles. The van der Waals surface area contributed by atoms with Crippen LogP contribution in [0.1, 0.15) is 44.4 Å². The van der Waals surface area contributed by atoms with Crippen LogP contribution in [0.4, 0.5) is 4.79 Å².